The number of carbonyl (C=O) groups is 3. The number of amides is 3. The molecule has 3 N–H and O–H groups in total. The zero-order chi connectivity index (χ0) is 18.9. The minimum Gasteiger partial charge on any atom is -0.445 e. The molecule has 25 heavy (non-hydrogen) atoms. The lowest BCUT2D eigenvalue weighted by Gasteiger charge is -2.23. The van der Waals surface area contributed by atoms with Gasteiger partial charge in [0.15, 0.2) is 0 Å². The summed E-state index contributed by atoms with van der Waals surface area (Å²) in [7, 11) is 1.43. The molecule has 1 rings (SSSR count). The Hall–Kier alpha value is -2.77. The van der Waals surface area contributed by atoms with Crippen LogP contribution in [0.15, 0.2) is 30.3 Å². The van der Waals surface area contributed by atoms with Gasteiger partial charge in [-0.15, -0.1) is 0 Å². The average molecular weight is 351 g/mol. The molecular formula is C17H25N3O5. The second kappa shape index (κ2) is 9.51. The molecule has 0 spiro atoms. The zero-order valence-electron chi connectivity index (χ0n) is 14.9. The van der Waals surface area contributed by atoms with Crippen molar-refractivity contribution in [3.8, 4) is 0 Å². The largest absolute Gasteiger partial charge is 0.445 e. The van der Waals surface area contributed by atoms with E-state index in [-0.39, 0.29) is 13.2 Å². The minimum absolute atomic E-state index is 0.108. The second-order valence-corrected chi connectivity index (χ2v) is 6.26. The first-order valence-corrected chi connectivity index (χ1v) is 7.87. The first-order valence-electron chi connectivity index (χ1n) is 7.87. The first kappa shape index (κ1) is 20.3. The molecule has 8 heteroatoms. The van der Waals surface area contributed by atoms with Crippen LogP contribution in [-0.2, 0) is 20.9 Å². The van der Waals surface area contributed by atoms with Crippen LogP contribution in [0.25, 0.3) is 0 Å². The Morgan fingerprint density at radius 3 is 2.28 bits per heavy atom. The van der Waals surface area contributed by atoms with Crippen molar-refractivity contribution >= 4 is 18.1 Å². The second-order valence-electron chi connectivity index (χ2n) is 6.26. The Balaban J connectivity index is 2.48. The SMILES string of the molecule is CNC(=O)[C@@H](CNC(=O)OCc1ccccc1)NC(=O)OC(C)(C)C. The Kier molecular flexibility index (Phi) is 7.71. The zero-order valence-corrected chi connectivity index (χ0v) is 14.9. The number of nitrogens with one attached hydrogen (secondary N) is 3. The number of hydrogen-bond donors (Lipinski definition) is 3. The fraction of sp³-hybridized carbons (Fsp3) is 0.471. The average Bonchev–Trinajstić information content (AvgIpc) is 2.55. The van der Waals surface area contributed by atoms with Gasteiger partial charge in [0.2, 0.25) is 5.91 Å². The third-order valence-electron chi connectivity index (χ3n) is 2.92. The molecular weight excluding hydrogens is 326 g/mol. The molecule has 0 unspecified atom stereocenters. The van der Waals surface area contributed by atoms with Crippen molar-refractivity contribution in [1.29, 1.82) is 0 Å². The summed E-state index contributed by atoms with van der Waals surface area (Å²) in [6.07, 6.45) is -1.44. The van der Waals surface area contributed by atoms with E-state index >= 15 is 0 Å². The summed E-state index contributed by atoms with van der Waals surface area (Å²) in [6, 6.07) is 8.20. The molecule has 0 bridgehead atoms. The quantitative estimate of drug-likeness (QED) is 0.721. The van der Waals surface area contributed by atoms with Crippen molar-refractivity contribution in [3.05, 3.63) is 35.9 Å². The normalized spacial score (nSPS) is 11.8. The predicted molar refractivity (Wildman–Crippen MR) is 91.9 cm³/mol. The number of hydrogen-bond acceptors (Lipinski definition) is 5. The van der Waals surface area contributed by atoms with Crippen molar-refractivity contribution in [3.63, 3.8) is 0 Å². The number of rotatable bonds is 6. The van der Waals surface area contributed by atoms with Crippen LogP contribution < -0.4 is 16.0 Å². The van der Waals surface area contributed by atoms with E-state index in [9.17, 15) is 14.4 Å². The van der Waals surface area contributed by atoms with E-state index in [1.54, 1.807) is 20.8 Å². The van der Waals surface area contributed by atoms with E-state index in [4.69, 9.17) is 9.47 Å². The number of benzene rings is 1. The molecule has 0 aliphatic carbocycles. The van der Waals surface area contributed by atoms with E-state index in [1.807, 2.05) is 30.3 Å². The Morgan fingerprint density at radius 2 is 1.72 bits per heavy atom. The molecule has 138 valence electrons. The van der Waals surface area contributed by atoms with Crippen LogP contribution in [0.5, 0.6) is 0 Å². The van der Waals surface area contributed by atoms with E-state index in [2.05, 4.69) is 16.0 Å². The summed E-state index contributed by atoms with van der Waals surface area (Å²) in [4.78, 5) is 35.4. The summed E-state index contributed by atoms with van der Waals surface area (Å²) < 4.78 is 10.2. The summed E-state index contributed by atoms with van der Waals surface area (Å²) in [5, 5.41) is 7.27. The molecule has 0 radical (unpaired) electrons. The van der Waals surface area contributed by atoms with Gasteiger partial charge in [0.05, 0.1) is 6.54 Å². The smallest absolute Gasteiger partial charge is 0.408 e. The maximum atomic E-state index is 11.8. The van der Waals surface area contributed by atoms with Crippen molar-refractivity contribution in [2.24, 2.45) is 0 Å². The third kappa shape index (κ3) is 8.59. The maximum Gasteiger partial charge on any atom is 0.408 e. The lowest BCUT2D eigenvalue weighted by atomic mass is 10.2. The molecule has 0 saturated carbocycles. The fourth-order valence-corrected chi connectivity index (χ4v) is 1.79. The van der Waals surface area contributed by atoms with Crippen LogP contribution in [0.3, 0.4) is 0 Å². The van der Waals surface area contributed by atoms with Gasteiger partial charge in [-0.1, -0.05) is 30.3 Å². The fourth-order valence-electron chi connectivity index (χ4n) is 1.79. The van der Waals surface area contributed by atoms with E-state index in [0.29, 0.717) is 0 Å². The van der Waals surface area contributed by atoms with Gasteiger partial charge in [0.25, 0.3) is 0 Å². The molecule has 0 heterocycles. The Morgan fingerprint density at radius 1 is 1.08 bits per heavy atom. The van der Waals surface area contributed by atoms with Crippen molar-refractivity contribution < 1.29 is 23.9 Å². The standard InChI is InChI=1S/C17H25N3O5/c1-17(2,3)25-16(23)20-13(14(21)18-4)10-19-15(22)24-11-12-8-6-5-7-9-12/h5-9,13H,10-11H2,1-4H3,(H,18,21)(H,19,22)(H,20,23)/t13-/m1/s1. The van der Waals surface area contributed by atoms with Crippen LogP contribution in [0.1, 0.15) is 26.3 Å². The summed E-state index contributed by atoms with van der Waals surface area (Å²) in [5.41, 5.74) is 0.145. The lowest BCUT2D eigenvalue weighted by Crippen LogP contribution is -2.52. The van der Waals surface area contributed by atoms with Gasteiger partial charge in [-0.2, -0.15) is 0 Å². The van der Waals surface area contributed by atoms with Crippen LogP contribution in [0, 0.1) is 0 Å². The summed E-state index contributed by atoms with van der Waals surface area (Å²) in [5.74, 6) is -0.464. The number of carbonyl (C=O) groups excluding carboxylic acids is 3. The van der Waals surface area contributed by atoms with Crippen LogP contribution in [0.4, 0.5) is 9.59 Å². The van der Waals surface area contributed by atoms with Crippen LogP contribution in [0.2, 0.25) is 0 Å². The maximum absolute atomic E-state index is 11.8. The van der Waals surface area contributed by atoms with Crippen molar-refractivity contribution in [2.75, 3.05) is 13.6 Å². The topological polar surface area (TPSA) is 106 Å². The van der Waals surface area contributed by atoms with Crippen molar-refractivity contribution in [2.45, 2.75) is 39.0 Å². The highest BCUT2D eigenvalue weighted by Gasteiger charge is 2.24. The molecule has 0 aliphatic rings. The monoisotopic (exact) mass is 351 g/mol. The minimum atomic E-state index is -0.982. The van der Waals surface area contributed by atoms with E-state index in [1.165, 1.54) is 7.05 Å². The van der Waals surface area contributed by atoms with E-state index in [0.717, 1.165) is 5.56 Å². The van der Waals surface area contributed by atoms with Gasteiger partial charge in [0, 0.05) is 7.05 Å². The number of alkyl carbamates (subject to hydrolysis) is 2. The van der Waals surface area contributed by atoms with Gasteiger partial charge in [0.1, 0.15) is 18.2 Å². The van der Waals surface area contributed by atoms with Crippen LogP contribution >= 0.6 is 0 Å². The third-order valence-corrected chi connectivity index (χ3v) is 2.92. The van der Waals surface area contributed by atoms with Gasteiger partial charge >= 0.3 is 12.2 Å². The molecule has 1 aromatic carbocycles. The molecule has 1 atom stereocenters. The lowest BCUT2D eigenvalue weighted by molar-refractivity contribution is -0.122. The van der Waals surface area contributed by atoms with Gasteiger partial charge in [-0.3, -0.25) is 4.79 Å². The van der Waals surface area contributed by atoms with Gasteiger partial charge < -0.3 is 25.4 Å². The highest BCUT2D eigenvalue weighted by molar-refractivity contribution is 5.86. The molecule has 0 fully saturated rings. The molecule has 0 saturated heterocycles. The van der Waals surface area contributed by atoms with Gasteiger partial charge in [-0.05, 0) is 26.3 Å². The van der Waals surface area contributed by atoms with Crippen LogP contribution in [-0.4, -0.2) is 43.3 Å². The Bertz CT molecular complexity index is 584. The number of likely N-dealkylation sites (N-methyl/N-ethyl adjacent to an activating group) is 1. The molecule has 0 aliphatic heterocycles. The highest BCUT2D eigenvalue weighted by atomic mass is 16.6. The van der Waals surface area contributed by atoms with Crippen molar-refractivity contribution in [1.82, 2.24) is 16.0 Å². The molecule has 0 aromatic heterocycles. The summed E-state index contributed by atoms with van der Waals surface area (Å²) >= 11 is 0. The molecule has 3 amide bonds. The molecule has 8 nitrogen and oxygen atoms in total. The number of ether oxygens (including phenoxy) is 2. The van der Waals surface area contributed by atoms with E-state index < -0.39 is 29.7 Å². The highest BCUT2D eigenvalue weighted by Crippen LogP contribution is 2.06. The van der Waals surface area contributed by atoms with Gasteiger partial charge in [-0.25, -0.2) is 9.59 Å². The predicted octanol–water partition coefficient (Wildman–Crippen LogP) is 1.55. The first-order chi connectivity index (χ1) is 11.7. The molecule has 1 aromatic rings. The summed E-state index contributed by atoms with van der Waals surface area (Å²) in [6.45, 7) is 5.10. The Labute approximate surface area is 147 Å².